The monoisotopic (exact) mass is 478 g/mol. The molecule has 144 valence electrons. The quantitative estimate of drug-likeness (QED) is 0.409. The van der Waals surface area contributed by atoms with Gasteiger partial charge in [-0.15, -0.1) is 24.0 Å². The highest BCUT2D eigenvalue weighted by molar-refractivity contribution is 14.0. The van der Waals surface area contributed by atoms with E-state index in [1.165, 1.54) is 5.56 Å². The molecular weight excluding hydrogens is 451 g/mol. The van der Waals surface area contributed by atoms with Crippen molar-refractivity contribution in [2.24, 2.45) is 4.99 Å². The Labute approximate surface area is 178 Å². The van der Waals surface area contributed by atoms with E-state index in [0.29, 0.717) is 19.6 Å². The summed E-state index contributed by atoms with van der Waals surface area (Å²) in [5, 5.41) is 3.36. The predicted octanol–water partition coefficient (Wildman–Crippen LogP) is 3.01. The van der Waals surface area contributed by atoms with Crippen molar-refractivity contribution < 1.29 is 4.79 Å². The van der Waals surface area contributed by atoms with Crippen molar-refractivity contribution in [1.29, 1.82) is 0 Å². The third-order valence-corrected chi connectivity index (χ3v) is 4.53. The first-order valence-corrected chi connectivity index (χ1v) is 9.02. The van der Waals surface area contributed by atoms with Gasteiger partial charge in [-0.2, -0.15) is 0 Å². The lowest BCUT2D eigenvalue weighted by molar-refractivity contribution is 0.0743. The smallest absolute Gasteiger partial charge is 0.254 e. The molecule has 2 aromatic carbocycles. The highest BCUT2D eigenvalue weighted by atomic mass is 127. The molecule has 6 heteroatoms. The lowest BCUT2D eigenvalue weighted by atomic mass is 9.99. The average molecular weight is 478 g/mol. The summed E-state index contributed by atoms with van der Waals surface area (Å²) in [7, 11) is 3.94. The Morgan fingerprint density at radius 2 is 1.81 bits per heavy atom. The van der Waals surface area contributed by atoms with E-state index in [2.05, 4.69) is 22.4 Å². The standard InChI is InChI=1S/C21H26N4O.HI/c1-24(2)21(23-16-17-8-4-3-5-9-17)22-13-15-25-14-12-18-10-6-7-11-19(18)20(25)26;/h3-11H,12-16H2,1-2H3,(H,22,23);1H. The third kappa shape index (κ3) is 5.69. The Morgan fingerprint density at radius 1 is 1.11 bits per heavy atom. The molecule has 0 radical (unpaired) electrons. The summed E-state index contributed by atoms with van der Waals surface area (Å²) in [6.45, 7) is 2.76. The summed E-state index contributed by atoms with van der Waals surface area (Å²) in [5.41, 5.74) is 3.17. The fourth-order valence-electron chi connectivity index (χ4n) is 3.10. The highest BCUT2D eigenvalue weighted by Crippen LogP contribution is 2.17. The van der Waals surface area contributed by atoms with Crippen LogP contribution in [0.4, 0.5) is 0 Å². The summed E-state index contributed by atoms with van der Waals surface area (Å²) in [5.74, 6) is 0.958. The van der Waals surface area contributed by atoms with Gasteiger partial charge in [0.15, 0.2) is 5.96 Å². The van der Waals surface area contributed by atoms with E-state index in [1.54, 1.807) is 0 Å². The SMILES string of the molecule is CN(C)C(=NCc1ccccc1)NCCN1CCc2ccccc2C1=O.I. The Bertz CT molecular complexity index is 777. The Balaban J connectivity index is 0.00000261. The predicted molar refractivity (Wildman–Crippen MR) is 121 cm³/mol. The maximum Gasteiger partial charge on any atom is 0.254 e. The number of hydrogen-bond donors (Lipinski definition) is 1. The van der Waals surface area contributed by atoms with Crippen LogP contribution in [0.25, 0.3) is 0 Å². The van der Waals surface area contributed by atoms with E-state index in [1.807, 2.05) is 66.4 Å². The topological polar surface area (TPSA) is 47.9 Å². The Morgan fingerprint density at radius 3 is 2.56 bits per heavy atom. The second-order valence-electron chi connectivity index (χ2n) is 6.65. The molecule has 0 spiro atoms. The van der Waals surface area contributed by atoms with Gasteiger partial charge in [-0.1, -0.05) is 48.5 Å². The fraction of sp³-hybridized carbons (Fsp3) is 0.333. The minimum Gasteiger partial charge on any atom is -0.354 e. The highest BCUT2D eigenvalue weighted by Gasteiger charge is 2.23. The van der Waals surface area contributed by atoms with Crippen LogP contribution in [0.2, 0.25) is 0 Å². The molecule has 3 rings (SSSR count). The molecule has 0 bridgehead atoms. The van der Waals surface area contributed by atoms with Crippen molar-refractivity contribution in [3.05, 3.63) is 71.3 Å². The second-order valence-corrected chi connectivity index (χ2v) is 6.65. The van der Waals surface area contributed by atoms with Crippen molar-refractivity contribution >= 4 is 35.8 Å². The van der Waals surface area contributed by atoms with Crippen LogP contribution in [-0.4, -0.2) is 55.4 Å². The molecule has 0 aliphatic carbocycles. The van der Waals surface area contributed by atoms with Gasteiger partial charge in [0, 0.05) is 39.3 Å². The molecule has 1 N–H and O–H groups in total. The summed E-state index contributed by atoms with van der Waals surface area (Å²) < 4.78 is 0. The van der Waals surface area contributed by atoms with Crippen molar-refractivity contribution in [1.82, 2.24) is 15.1 Å². The van der Waals surface area contributed by atoms with Crippen LogP contribution in [0.15, 0.2) is 59.6 Å². The fourth-order valence-corrected chi connectivity index (χ4v) is 3.10. The summed E-state index contributed by atoms with van der Waals surface area (Å²) in [6.07, 6.45) is 0.921. The van der Waals surface area contributed by atoms with Crippen LogP contribution in [0, 0.1) is 0 Å². The second kappa shape index (κ2) is 10.3. The molecule has 1 heterocycles. The Kier molecular flexibility index (Phi) is 8.09. The molecule has 0 aromatic heterocycles. The van der Waals surface area contributed by atoms with E-state index >= 15 is 0 Å². The molecule has 0 unspecified atom stereocenters. The number of benzene rings is 2. The van der Waals surface area contributed by atoms with Gasteiger partial charge in [0.2, 0.25) is 0 Å². The van der Waals surface area contributed by atoms with Gasteiger partial charge < -0.3 is 15.1 Å². The van der Waals surface area contributed by atoms with E-state index in [0.717, 1.165) is 30.1 Å². The number of amides is 1. The van der Waals surface area contributed by atoms with Crippen LogP contribution in [0.3, 0.4) is 0 Å². The molecule has 5 nitrogen and oxygen atoms in total. The number of carbonyl (C=O) groups is 1. The lowest BCUT2D eigenvalue weighted by Gasteiger charge is -2.29. The maximum atomic E-state index is 12.6. The van der Waals surface area contributed by atoms with E-state index < -0.39 is 0 Å². The first-order valence-electron chi connectivity index (χ1n) is 9.02. The zero-order valence-corrected chi connectivity index (χ0v) is 18.2. The zero-order chi connectivity index (χ0) is 18.4. The first kappa shape index (κ1) is 21.2. The minimum atomic E-state index is 0. The molecule has 0 saturated carbocycles. The number of rotatable bonds is 5. The zero-order valence-electron chi connectivity index (χ0n) is 15.9. The van der Waals surface area contributed by atoms with Gasteiger partial charge in [0.05, 0.1) is 6.54 Å². The molecule has 1 amide bonds. The maximum absolute atomic E-state index is 12.6. The first-order chi connectivity index (χ1) is 12.6. The van der Waals surface area contributed by atoms with Crippen molar-refractivity contribution in [2.45, 2.75) is 13.0 Å². The molecule has 1 aliphatic heterocycles. The summed E-state index contributed by atoms with van der Waals surface area (Å²) in [4.78, 5) is 21.1. The molecule has 2 aromatic rings. The van der Waals surface area contributed by atoms with Crippen molar-refractivity contribution in [2.75, 3.05) is 33.7 Å². The van der Waals surface area contributed by atoms with Gasteiger partial charge in [0.1, 0.15) is 0 Å². The minimum absolute atomic E-state index is 0. The largest absolute Gasteiger partial charge is 0.354 e. The summed E-state index contributed by atoms with van der Waals surface area (Å²) in [6, 6.07) is 18.1. The van der Waals surface area contributed by atoms with E-state index in [4.69, 9.17) is 0 Å². The number of nitrogens with zero attached hydrogens (tertiary/aromatic N) is 3. The lowest BCUT2D eigenvalue weighted by Crippen LogP contribution is -2.44. The number of halogens is 1. The molecule has 0 fully saturated rings. The van der Waals surface area contributed by atoms with Gasteiger partial charge >= 0.3 is 0 Å². The molecule has 27 heavy (non-hydrogen) atoms. The Hall–Kier alpha value is -2.09. The van der Waals surface area contributed by atoms with Gasteiger partial charge in [-0.3, -0.25) is 4.79 Å². The molecule has 0 atom stereocenters. The summed E-state index contributed by atoms with van der Waals surface area (Å²) >= 11 is 0. The molecular formula is C21H27IN4O. The van der Waals surface area contributed by atoms with Crippen LogP contribution < -0.4 is 5.32 Å². The van der Waals surface area contributed by atoms with Crippen LogP contribution in [0.1, 0.15) is 21.5 Å². The van der Waals surface area contributed by atoms with Crippen molar-refractivity contribution in [3.63, 3.8) is 0 Å². The average Bonchev–Trinajstić information content (AvgIpc) is 2.67. The number of carbonyl (C=O) groups excluding carboxylic acids is 1. The molecule has 1 aliphatic rings. The van der Waals surface area contributed by atoms with Crippen molar-refractivity contribution in [3.8, 4) is 0 Å². The number of nitrogens with one attached hydrogen (secondary N) is 1. The van der Waals surface area contributed by atoms with Crippen LogP contribution in [-0.2, 0) is 13.0 Å². The van der Waals surface area contributed by atoms with Crippen LogP contribution >= 0.6 is 24.0 Å². The number of fused-ring (bicyclic) bond motifs is 1. The van der Waals surface area contributed by atoms with E-state index in [-0.39, 0.29) is 29.9 Å². The molecule has 0 saturated heterocycles. The van der Waals surface area contributed by atoms with Gasteiger partial charge in [0.25, 0.3) is 5.91 Å². The van der Waals surface area contributed by atoms with E-state index in [9.17, 15) is 4.79 Å². The van der Waals surface area contributed by atoms with Gasteiger partial charge in [-0.25, -0.2) is 4.99 Å². The van der Waals surface area contributed by atoms with Crippen LogP contribution in [0.5, 0.6) is 0 Å². The van der Waals surface area contributed by atoms with Gasteiger partial charge in [-0.05, 0) is 23.6 Å². The normalized spacial score (nSPS) is 13.6. The number of hydrogen-bond acceptors (Lipinski definition) is 2. The third-order valence-electron chi connectivity index (χ3n) is 4.53. The number of aliphatic imine (C=N–C) groups is 1. The number of guanidine groups is 1.